The number of carboxylic acid groups (broad SMARTS) is 1. The van der Waals surface area contributed by atoms with Gasteiger partial charge in [-0.1, -0.05) is 36.4 Å². The van der Waals surface area contributed by atoms with Crippen LogP contribution in [0.3, 0.4) is 0 Å². The Hall–Kier alpha value is -4.09. The molecule has 12 heteroatoms. The number of nitrogens with one attached hydrogen (secondary N) is 4. The number of aldehydes is 1. The van der Waals surface area contributed by atoms with Crippen LogP contribution in [0.1, 0.15) is 43.7 Å². The molecule has 37 heavy (non-hydrogen) atoms. The Balaban J connectivity index is 3.08. The number of hydrogen-bond acceptors (Lipinski definition) is 8. The molecule has 0 aromatic heterocycles. The van der Waals surface area contributed by atoms with Gasteiger partial charge in [0, 0.05) is 19.4 Å². The fourth-order valence-corrected chi connectivity index (χ4v) is 3.64. The van der Waals surface area contributed by atoms with E-state index < -0.39 is 47.9 Å². The van der Waals surface area contributed by atoms with Crippen LogP contribution in [0.5, 0.6) is 0 Å². The van der Waals surface area contributed by atoms with Gasteiger partial charge in [-0.15, -0.1) is 0 Å². The minimum atomic E-state index is -1.73. The van der Waals surface area contributed by atoms with Gasteiger partial charge in [-0.25, -0.2) is 4.79 Å². The topological polar surface area (TPSA) is 189 Å². The Kier molecular flexibility index (Phi) is 12.6. The van der Waals surface area contributed by atoms with Crippen molar-refractivity contribution in [2.45, 2.75) is 63.6 Å². The normalized spacial score (nSPS) is 13.7. The molecule has 1 rings (SSSR count). The van der Waals surface area contributed by atoms with Crippen molar-refractivity contribution < 1.29 is 33.8 Å². The van der Waals surface area contributed by atoms with Crippen LogP contribution in [0.15, 0.2) is 36.7 Å². The molecule has 0 saturated heterocycles. The summed E-state index contributed by atoms with van der Waals surface area (Å²) < 4.78 is 4.69. The SMILES string of the molecule is C=C(N)NCCC[C@@H](C=O)NC(=O)[C@H](C)NC(=O)[C@@](CCC(=O)O)(Cc1cccc(C)c1)NC(=O)OC. The highest BCUT2D eigenvalue weighted by Gasteiger charge is 2.42. The number of ether oxygens (including phenoxy) is 1. The molecule has 0 aliphatic carbocycles. The number of carboxylic acids is 1. The zero-order chi connectivity index (χ0) is 28.0. The largest absolute Gasteiger partial charge is 0.481 e. The van der Waals surface area contributed by atoms with Gasteiger partial charge in [-0.05, 0) is 38.7 Å². The lowest BCUT2D eigenvalue weighted by atomic mass is 9.84. The molecule has 0 saturated carbocycles. The first-order valence-corrected chi connectivity index (χ1v) is 11.8. The van der Waals surface area contributed by atoms with Crippen molar-refractivity contribution in [3.05, 3.63) is 47.8 Å². The predicted molar refractivity (Wildman–Crippen MR) is 136 cm³/mol. The number of carbonyl (C=O) groups excluding carboxylic acids is 4. The molecule has 7 N–H and O–H groups in total. The molecule has 0 bridgehead atoms. The van der Waals surface area contributed by atoms with E-state index in [2.05, 4.69) is 27.8 Å². The lowest BCUT2D eigenvalue weighted by Gasteiger charge is -2.34. The van der Waals surface area contributed by atoms with Gasteiger partial charge in [0.25, 0.3) is 0 Å². The van der Waals surface area contributed by atoms with Gasteiger partial charge < -0.3 is 41.6 Å². The molecule has 0 spiro atoms. The van der Waals surface area contributed by atoms with Gasteiger partial charge in [-0.3, -0.25) is 14.4 Å². The Morgan fingerprint density at radius 3 is 2.51 bits per heavy atom. The first-order chi connectivity index (χ1) is 17.4. The molecule has 3 amide bonds. The lowest BCUT2D eigenvalue weighted by Crippen LogP contribution is -2.63. The van der Waals surface area contributed by atoms with E-state index in [0.29, 0.717) is 37.1 Å². The number of carbonyl (C=O) groups is 5. The van der Waals surface area contributed by atoms with Gasteiger partial charge in [0.1, 0.15) is 17.9 Å². The number of rotatable bonds is 16. The second-order valence-corrected chi connectivity index (χ2v) is 8.80. The molecule has 0 heterocycles. The van der Waals surface area contributed by atoms with Crippen LogP contribution >= 0.6 is 0 Å². The molecule has 1 aromatic carbocycles. The van der Waals surface area contributed by atoms with E-state index in [1.54, 1.807) is 18.2 Å². The molecule has 0 unspecified atom stereocenters. The van der Waals surface area contributed by atoms with Crippen molar-refractivity contribution in [3.8, 4) is 0 Å². The summed E-state index contributed by atoms with van der Waals surface area (Å²) in [5.74, 6) is -2.26. The van der Waals surface area contributed by atoms with E-state index in [9.17, 15) is 29.1 Å². The summed E-state index contributed by atoms with van der Waals surface area (Å²) >= 11 is 0. The molecule has 0 fully saturated rings. The zero-order valence-electron chi connectivity index (χ0n) is 21.5. The summed E-state index contributed by atoms with van der Waals surface area (Å²) in [6, 6.07) is 5.29. The van der Waals surface area contributed by atoms with Crippen LogP contribution in [0.4, 0.5) is 4.79 Å². The molecular weight excluding hydrogens is 482 g/mol. The second kappa shape index (κ2) is 15.1. The molecular formula is C25H37N5O7. The molecule has 0 radical (unpaired) electrons. The van der Waals surface area contributed by atoms with Crippen molar-refractivity contribution in [2.24, 2.45) is 5.73 Å². The molecule has 3 atom stereocenters. The fourth-order valence-electron chi connectivity index (χ4n) is 3.64. The van der Waals surface area contributed by atoms with Crippen LogP contribution in [-0.4, -0.2) is 66.5 Å². The number of aryl methyl sites for hydroxylation is 1. The quantitative estimate of drug-likeness (QED) is 0.133. The third-order valence-electron chi connectivity index (χ3n) is 5.59. The second-order valence-electron chi connectivity index (χ2n) is 8.80. The number of aliphatic carboxylic acids is 1. The summed E-state index contributed by atoms with van der Waals surface area (Å²) in [7, 11) is 1.12. The molecule has 12 nitrogen and oxygen atoms in total. The van der Waals surface area contributed by atoms with E-state index in [4.69, 9.17) is 10.5 Å². The highest BCUT2D eigenvalue weighted by atomic mass is 16.5. The van der Waals surface area contributed by atoms with E-state index in [1.807, 2.05) is 13.0 Å². The fraction of sp³-hybridized carbons (Fsp3) is 0.480. The Labute approximate surface area is 216 Å². The van der Waals surface area contributed by atoms with E-state index >= 15 is 0 Å². The van der Waals surface area contributed by atoms with Crippen LogP contribution in [-0.2, 0) is 30.3 Å². The molecule has 204 valence electrons. The van der Waals surface area contributed by atoms with E-state index in [-0.39, 0.29) is 12.8 Å². The lowest BCUT2D eigenvalue weighted by molar-refractivity contribution is -0.138. The van der Waals surface area contributed by atoms with Gasteiger partial charge in [0.15, 0.2) is 0 Å². The maximum absolute atomic E-state index is 13.5. The van der Waals surface area contributed by atoms with Crippen molar-refractivity contribution >= 4 is 30.2 Å². The third-order valence-corrected chi connectivity index (χ3v) is 5.59. The summed E-state index contributed by atoms with van der Waals surface area (Å²) in [6.07, 6.45) is -0.220. The highest BCUT2D eigenvalue weighted by Crippen LogP contribution is 2.22. The van der Waals surface area contributed by atoms with Gasteiger partial charge in [0.2, 0.25) is 11.8 Å². The number of benzene rings is 1. The maximum atomic E-state index is 13.5. The molecule has 1 aromatic rings. The zero-order valence-corrected chi connectivity index (χ0v) is 21.5. The van der Waals surface area contributed by atoms with Crippen molar-refractivity contribution in [1.29, 1.82) is 0 Å². The standard InChI is InChI=1S/C25H37N5O7/c1-16-7-5-8-19(13-16)14-25(11-10-21(32)33,30-24(36)37-4)23(35)28-17(2)22(34)29-20(15-31)9-6-12-27-18(3)26/h5,7-8,13,15,17,20,27H,3,6,9-12,14,26H2,1-2,4H3,(H,28,35)(H,29,34)(H,30,36)(H,32,33)/t17-,20-,25+/m0/s1. The van der Waals surface area contributed by atoms with Crippen LogP contribution in [0.25, 0.3) is 0 Å². The Morgan fingerprint density at radius 2 is 1.95 bits per heavy atom. The number of amides is 3. The third kappa shape index (κ3) is 11.0. The van der Waals surface area contributed by atoms with Crippen LogP contribution in [0.2, 0.25) is 0 Å². The first kappa shape index (κ1) is 30.9. The van der Waals surface area contributed by atoms with E-state index in [1.165, 1.54) is 6.92 Å². The van der Waals surface area contributed by atoms with Crippen molar-refractivity contribution in [1.82, 2.24) is 21.3 Å². The highest BCUT2D eigenvalue weighted by molar-refractivity contribution is 5.95. The van der Waals surface area contributed by atoms with Crippen molar-refractivity contribution in [2.75, 3.05) is 13.7 Å². The monoisotopic (exact) mass is 519 g/mol. The van der Waals surface area contributed by atoms with Gasteiger partial charge >= 0.3 is 12.1 Å². The number of alkyl carbamates (subject to hydrolysis) is 1. The first-order valence-electron chi connectivity index (χ1n) is 11.8. The van der Waals surface area contributed by atoms with Gasteiger partial charge in [0.05, 0.1) is 19.0 Å². The molecule has 0 aliphatic heterocycles. The minimum absolute atomic E-state index is 0.0480. The van der Waals surface area contributed by atoms with Crippen molar-refractivity contribution in [3.63, 3.8) is 0 Å². The van der Waals surface area contributed by atoms with Gasteiger partial charge in [-0.2, -0.15) is 0 Å². The number of methoxy groups -OCH3 is 1. The van der Waals surface area contributed by atoms with E-state index in [0.717, 1.165) is 12.7 Å². The Morgan fingerprint density at radius 1 is 1.24 bits per heavy atom. The number of nitrogens with two attached hydrogens (primary N) is 1. The summed E-state index contributed by atoms with van der Waals surface area (Å²) in [5, 5.41) is 19.7. The molecule has 0 aliphatic rings. The summed E-state index contributed by atoms with van der Waals surface area (Å²) in [5.41, 5.74) is 5.27. The average molecular weight is 520 g/mol. The van der Waals surface area contributed by atoms with Crippen LogP contribution < -0.4 is 27.0 Å². The summed E-state index contributed by atoms with van der Waals surface area (Å²) in [4.78, 5) is 61.2. The van der Waals surface area contributed by atoms with Crippen LogP contribution in [0, 0.1) is 6.92 Å². The average Bonchev–Trinajstić information content (AvgIpc) is 2.83. The minimum Gasteiger partial charge on any atom is -0.481 e. The smallest absolute Gasteiger partial charge is 0.407 e. The Bertz CT molecular complexity index is 984. The number of hydrogen-bond donors (Lipinski definition) is 6. The maximum Gasteiger partial charge on any atom is 0.407 e. The summed E-state index contributed by atoms with van der Waals surface area (Å²) in [6.45, 7) is 7.25. The predicted octanol–water partition coefficient (Wildman–Crippen LogP) is 0.485.